The highest BCUT2D eigenvalue weighted by Crippen LogP contribution is 2.27. The Kier molecular flexibility index (Phi) is 5.83. The number of carbonyl (C=O) groups excluding carboxylic acids is 1. The van der Waals surface area contributed by atoms with Gasteiger partial charge in [-0.25, -0.2) is 4.79 Å². The Bertz CT molecular complexity index is 314. The number of hydrogen-bond acceptors (Lipinski definition) is 2. The number of amides is 1. The lowest BCUT2D eigenvalue weighted by atomic mass is 9.85. The van der Waals surface area contributed by atoms with Crippen LogP contribution >= 0.6 is 0 Å². The molecule has 19 heavy (non-hydrogen) atoms. The number of carboxylic acid groups (broad SMARTS) is 1. The monoisotopic (exact) mass is 269 g/mol. The lowest BCUT2D eigenvalue weighted by Gasteiger charge is -2.28. The van der Waals surface area contributed by atoms with Crippen LogP contribution in [-0.4, -0.2) is 23.0 Å². The van der Waals surface area contributed by atoms with Gasteiger partial charge in [0.05, 0.1) is 0 Å². The fraction of sp³-hybridized carbons (Fsp3) is 0.867. The van der Waals surface area contributed by atoms with Gasteiger partial charge in [-0.1, -0.05) is 52.9 Å². The molecule has 110 valence electrons. The van der Waals surface area contributed by atoms with Crippen LogP contribution in [0.2, 0.25) is 0 Å². The zero-order chi connectivity index (χ0) is 14.5. The van der Waals surface area contributed by atoms with E-state index in [1.807, 2.05) is 20.8 Å². The molecule has 0 heterocycles. The number of rotatable bonds is 5. The molecule has 1 aliphatic carbocycles. The highest BCUT2D eigenvalue weighted by molar-refractivity contribution is 5.84. The smallest absolute Gasteiger partial charge is 0.326 e. The van der Waals surface area contributed by atoms with Crippen LogP contribution in [0.3, 0.4) is 0 Å². The summed E-state index contributed by atoms with van der Waals surface area (Å²) < 4.78 is 0. The summed E-state index contributed by atoms with van der Waals surface area (Å²) in [5.41, 5.74) is -0.466. The molecule has 0 unspecified atom stereocenters. The Hall–Kier alpha value is -1.06. The van der Waals surface area contributed by atoms with E-state index in [1.54, 1.807) is 0 Å². The molecule has 0 aliphatic heterocycles. The molecule has 0 radical (unpaired) electrons. The summed E-state index contributed by atoms with van der Waals surface area (Å²) in [7, 11) is 0. The zero-order valence-corrected chi connectivity index (χ0v) is 12.4. The van der Waals surface area contributed by atoms with Crippen molar-refractivity contribution in [1.29, 1.82) is 0 Å². The molecule has 4 nitrogen and oxygen atoms in total. The molecule has 0 aromatic rings. The molecule has 4 heteroatoms. The van der Waals surface area contributed by atoms with Crippen molar-refractivity contribution in [3.63, 3.8) is 0 Å². The Balaban J connectivity index is 2.38. The van der Waals surface area contributed by atoms with Crippen LogP contribution in [-0.2, 0) is 9.59 Å². The minimum absolute atomic E-state index is 0.132. The summed E-state index contributed by atoms with van der Waals surface area (Å²) in [5.74, 6) is -0.441. The second kappa shape index (κ2) is 6.92. The second-order valence-corrected chi connectivity index (χ2v) is 6.75. The lowest BCUT2D eigenvalue weighted by molar-refractivity contribution is -0.145. The van der Waals surface area contributed by atoms with Gasteiger partial charge < -0.3 is 10.4 Å². The Morgan fingerprint density at radius 1 is 1.21 bits per heavy atom. The summed E-state index contributed by atoms with van der Waals surface area (Å²) in [6, 6.07) is -0.814. The first-order chi connectivity index (χ1) is 8.80. The number of hydrogen-bond donors (Lipinski definition) is 2. The summed E-state index contributed by atoms with van der Waals surface area (Å²) in [6.07, 6.45) is 7.63. The Labute approximate surface area is 116 Å². The molecule has 0 aromatic heterocycles. The SMILES string of the molecule is CC(C)(C)[C@@H](NC(=O)CCC1CCCCC1)C(=O)O. The third kappa shape index (κ3) is 5.62. The van der Waals surface area contributed by atoms with Gasteiger partial charge in [0.15, 0.2) is 0 Å². The van der Waals surface area contributed by atoms with Gasteiger partial charge in [-0.05, 0) is 17.8 Å². The summed E-state index contributed by atoms with van der Waals surface area (Å²) in [5, 5.41) is 11.8. The third-order valence-corrected chi connectivity index (χ3v) is 3.92. The van der Waals surface area contributed by atoms with Crippen molar-refractivity contribution in [1.82, 2.24) is 5.32 Å². The first kappa shape index (κ1) is 16.0. The number of aliphatic carboxylic acids is 1. The molecule has 0 spiro atoms. The molecule has 0 saturated heterocycles. The molecule has 1 atom stereocenters. The molecule has 1 amide bonds. The van der Waals surface area contributed by atoms with Crippen molar-refractivity contribution in [2.75, 3.05) is 0 Å². The van der Waals surface area contributed by atoms with Gasteiger partial charge in [0, 0.05) is 6.42 Å². The van der Waals surface area contributed by atoms with E-state index in [-0.39, 0.29) is 5.91 Å². The molecular formula is C15H27NO3. The number of carbonyl (C=O) groups is 2. The van der Waals surface area contributed by atoms with Crippen molar-refractivity contribution < 1.29 is 14.7 Å². The molecule has 1 aliphatic rings. The summed E-state index contributed by atoms with van der Waals surface area (Å²) >= 11 is 0. The quantitative estimate of drug-likeness (QED) is 0.806. The van der Waals surface area contributed by atoms with Gasteiger partial charge in [0.2, 0.25) is 5.91 Å². The fourth-order valence-corrected chi connectivity index (χ4v) is 2.69. The molecule has 1 rings (SSSR count). The molecule has 2 N–H and O–H groups in total. The maximum absolute atomic E-state index is 11.9. The predicted octanol–water partition coefficient (Wildman–Crippen LogP) is 2.96. The number of carboxylic acids is 1. The maximum atomic E-state index is 11.9. The van der Waals surface area contributed by atoms with Crippen LogP contribution in [0, 0.1) is 11.3 Å². The first-order valence-corrected chi connectivity index (χ1v) is 7.33. The first-order valence-electron chi connectivity index (χ1n) is 7.33. The van der Waals surface area contributed by atoms with Crippen LogP contribution < -0.4 is 5.32 Å². The van der Waals surface area contributed by atoms with Crippen molar-refractivity contribution in [2.24, 2.45) is 11.3 Å². The van der Waals surface area contributed by atoms with Gasteiger partial charge in [-0.3, -0.25) is 4.79 Å². The van der Waals surface area contributed by atoms with Crippen molar-refractivity contribution in [2.45, 2.75) is 71.8 Å². The standard InChI is InChI=1S/C15H27NO3/c1-15(2,3)13(14(18)19)16-12(17)10-9-11-7-5-4-6-8-11/h11,13H,4-10H2,1-3H3,(H,16,17)(H,18,19)/t13-/m0/s1. The van der Waals surface area contributed by atoms with E-state index in [1.165, 1.54) is 32.1 Å². The minimum atomic E-state index is -0.960. The molecule has 1 saturated carbocycles. The van der Waals surface area contributed by atoms with Crippen molar-refractivity contribution in [3.8, 4) is 0 Å². The van der Waals surface area contributed by atoms with E-state index in [4.69, 9.17) is 5.11 Å². The van der Waals surface area contributed by atoms with Gasteiger partial charge in [-0.2, -0.15) is 0 Å². The molecule has 0 aromatic carbocycles. The predicted molar refractivity (Wildman–Crippen MR) is 74.8 cm³/mol. The van der Waals surface area contributed by atoms with E-state index >= 15 is 0 Å². The van der Waals surface area contributed by atoms with Crippen LogP contribution in [0.4, 0.5) is 0 Å². The van der Waals surface area contributed by atoms with Crippen LogP contribution in [0.25, 0.3) is 0 Å². The molecule has 0 bridgehead atoms. The van der Waals surface area contributed by atoms with E-state index < -0.39 is 17.4 Å². The highest BCUT2D eigenvalue weighted by atomic mass is 16.4. The Morgan fingerprint density at radius 2 is 1.79 bits per heavy atom. The van der Waals surface area contributed by atoms with Gasteiger partial charge in [-0.15, -0.1) is 0 Å². The topological polar surface area (TPSA) is 66.4 Å². The molecular weight excluding hydrogens is 242 g/mol. The normalized spacial score (nSPS) is 18.9. The number of nitrogens with one attached hydrogen (secondary N) is 1. The van der Waals surface area contributed by atoms with E-state index in [0.29, 0.717) is 12.3 Å². The van der Waals surface area contributed by atoms with Crippen LogP contribution in [0.1, 0.15) is 65.7 Å². The van der Waals surface area contributed by atoms with Crippen molar-refractivity contribution >= 4 is 11.9 Å². The molecule has 1 fully saturated rings. The minimum Gasteiger partial charge on any atom is -0.480 e. The lowest BCUT2D eigenvalue weighted by Crippen LogP contribution is -2.49. The van der Waals surface area contributed by atoms with Crippen molar-refractivity contribution in [3.05, 3.63) is 0 Å². The second-order valence-electron chi connectivity index (χ2n) is 6.75. The van der Waals surface area contributed by atoms with E-state index in [0.717, 1.165) is 6.42 Å². The summed E-state index contributed by atoms with van der Waals surface area (Å²) in [6.45, 7) is 5.48. The average Bonchev–Trinajstić information content (AvgIpc) is 2.33. The average molecular weight is 269 g/mol. The van der Waals surface area contributed by atoms with E-state index in [2.05, 4.69) is 5.32 Å². The van der Waals surface area contributed by atoms with E-state index in [9.17, 15) is 9.59 Å². The van der Waals surface area contributed by atoms with Gasteiger partial charge in [0.25, 0.3) is 0 Å². The highest BCUT2D eigenvalue weighted by Gasteiger charge is 2.32. The van der Waals surface area contributed by atoms with Gasteiger partial charge >= 0.3 is 5.97 Å². The Morgan fingerprint density at radius 3 is 2.26 bits per heavy atom. The van der Waals surface area contributed by atoms with Crippen LogP contribution in [0.15, 0.2) is 0 Å². The zero-order valence-electron chi connectivity index (χ0n) is 12.4. The summed E-state index contributed by atoms with van der Waals surface area (Å²) in [4.78, 5) is 23.0. The fourth-order valence-electron chi connectivity index (χ4n) is 2.69. The maximum Gasteiger partial charge on any atom is 0.326 e. The largest absolute Gasteiger partial charge is 0.480 e. The van der Waals surface area contributed by atoms with Crippen LogP contribution in [0.5, 0.6) is 0 Å². The third-order valence-electron chi connectivity index (χ3n) is 3.92. The van der Waals surface area contributed by atoms with Gasteiger partial charge in [0.1, 0.15) is 6.04 Å².